The Bertz CT molecular complexity index is 461. The maximum atomic E-state index is 13.4. The third kappa shape index (κ3) is 3.74. The van der Waals surface area contributed by atoms with E-state index in [1.54, 1.807) is 4.90 Å². The molecular formula is C13H18FN3O2. The zero-order chi connectivity index (χ0) is 14.4. The largest absolute Gasteiger partial charge is 0.342 e. The number of carbonyl (C=O) groups excluding carboxylic acids is 2. The van der Waals surface area contributed by atoms with Gasteiger partial charge in [0, 0.05) is 26.3 Å². The number of rotatable bonds is 5. The Balaban J connectivity index is 2.74. The molecule has 0 N–H and O–H groups in total. The van der Waals surface area contributed by atoms with Gasteiger partial charge in [-0.2, -0.15) is 0 Å². The first kappa shape index (κ1) is 15.1. The lowest BCUT2D eigenvalue weighted by Gasteiger charge is -2.23. The minimum atomic E-state index is -0.686. The van der Waals surface area contributed by atoms with Crippen molar-refractivity contribution in [2.75, 3.05) is 26.7 Å². The van der Waals surface area contributed by atoms with Gasteiger partial charge in [0.15, 0.2) is 5.82 Å². The van der Waals surface area contributed by atoms with Crippen LogP contribution in [0.2, 0.25) is 0 Å². The van der Waals surface area contributed by atoms with Gasteiger partial charge in [-0.3, -0.25) is 14.6 Å². The number of amides is 2. The van der Waals surface area contributed by atoms with Gasteiger partial charge in [0.05, 0.1) is 18.3 Å². The molecule has 0 aliphatic rings. The molecule has 6 heteroatoms. The van der Waals surface area contributed by atoms with Crippen LogP contribution in [-0.4, -0.2) is 53.3 Å². The van der Waals surface area contributed by atoms with Crippen molar-refractivity contribution in [2.24, 2.45) is 0 Å². The number of halogens is 1. The average molecular weight is 267 g/mol. The number of aromatic nitrogens is 1. The summed E-state index contributed by atoms with van der Waals surface area (Å²) in [7, 11) is 1.48. The van der Waals surface area contributed by atoms with E-state index < -0.39 is 11.7 Å². The summed E-state index contributed by atoms with van der Waals surface area (Å²) in [6.07, 6.45) is 2.32. The van der Waals surface area contributed by atoms with Crippen molar-refractivity contribution in [1.29, 1.82) is 0 Å². The Morgan fingerprint density at radius 1 is 1.32 bits per heavy atom. The summed E-state index contributed by atoms with van der Waals surface area (Å²) in [4.78, 5) is 30.3. The lowest BCUT2D eigenvalue weighted by molar-refractivity contribution is -0.131. The first-order chi connectivity index (χ1) is 9.01. The van der Waals surface area contributed by atoms with Crippen LogP contribution in [0.15, 0.2) is 18.5 Å². The molecule has 0 unspecified atom stereocenters. The van der Waals surface area contributed by atoms with E-state index in [1.807, 2.05) is 13.8 Å². The normalized spacial score (nSPS) is 10.1. The molecule has 0 radical (unpaired) electrons. The van der Waals surface area contributed by atoms with Gasteiger partial charge < -0.3 is 9.80 Å². The van der Waals surface area contributed by atoms with Crippen molar-refractivity contribution >= 4 is 11.8 Å². The highest BCUT2D eigenvalue weighted by molar-refractivity contribution is 5.96. The Hall–Kier alpha value is -1.98. The molecule has 0 fully saturated rings. The van der Waals surface area contributed by atoms with Crippen LogP contribution in [0, 0.1) is 5.82 Å². The number of hydrogen-bond donors (Lipinski definition) is 0. The number of carbonyl (C=O) groups is 2. The zero-order valence-electron chi connectivity index (χ0n) is 11.4. The summed E-state index contributed by atoms with van der Waals surface area (Å²) in [6.45, 7) is 4.84. The van der Waals surface area contributed by atoms with Gasteiger partial charge in [-0.1, -0.05) is 0 Å². The quantitative estimate of drug-likeness (QED) is 0.804. The van der Waals surface area contributed by atoms with Gasteiger partial charge in [-0.05, 0) is 19.9 Å². The standard InChI is InChI=1S/C13H18FN3O2/c1-4-17(5-2)12(18)9-16(3)13(19)10-6-7-15-8-11(10)14/h6-8H,4-5,9H2,1-3H3. The number of likely N-dealkylation sites (N-methyl/N-ethyl adjacent to an activating group) is 2. The molecule has 1 aromatic heterocycles. The van der Waals surface area contributed by atoms with E-state index in [-0.39, 0.29) is 18.0 Å². The molecule has 0 aliphatic carbocycles. The second kappa shape index (κ2) is 6.82. The molecule has 0 bridgehead atoms. The predicted octanol–water partition coefficient (Wildman–Crippen LogP) is 1.16. The molecule has 0 aromatic carbocycles. The van der Waals surface area contributed by atoms with Crippen molar-refractivity contribution in [3.05, 3.63) is 29.8 Å². The molecule has 0 saturated heterocycles. The van der Waals surface area contributed by atoms with Gasteiger partial charge in [-0.15, -0.1) is 0 Å². The Kier molecular flexibility index (Phi) is 5.41. The van der Waals surface area contributed by atoms with Crippen LogP contribution in [0.5, 0.6) is 0 Å². The van der Waals surface area contributed by atoms with Crippen LogP contribution in [-0.2, 0) is 4.79 Å². The Morgan fingerprint density at radius 2 is 1.95 bits per heavy atom. The van der Waals surface area contributed by atoms with E-state index in [0.29, 0.717) is 13.1 Å². The first-order valence-corrected chi connectivity index (χ1v) is 6.14. The smallest absolute Gasteiger partial charge is 0.257 e. The molecule has 0 saturated carbocycles. The Morgan fingerprint density at radius 3 is 2.47 bits per heavy atom. The maximum Gasteiger partial charge on any atom is 0.257 e. The van der Waals surface area contributed by atoms with Crippen LogP contribution in [0.3, 0.4) is 0 Å². The van der Waals surface area contributed by atoms with Gasteiger partial charge in [-0.25, -0.2) is 4.39 Å². The molecule has 1 rings (SSSR count). The third-order valence-electron chi connectivity index (χ3n) is 2.84. The number of hydrogen-bond acceptors (Lipinski definition) is 3. The van der Waals surface area contributed by atoms with Crippen molar-refractivity contribution in [2.45, 2.75) is 13.8 Å². The third-order valence-corrected chi connectivity index (χ3v) is 2.84. The van der Waals surface area contributed by atoms with E-state index in [2.05, 4.69) is 4.98 Å². The first-order valence-electron chi connectivity index (χ1n) is 6.14. The molecule has 19 heavy (non-hydrogen) atoms. The fraction of sp³-hybridized carbons (Fsp3) is 0.462. The SMILES string of the molecule is CCN(CC)C(=O)CN(C)C(=O)c1ccncc1F. The van der Waals surface area contributed by atoms with E-state index >= 15 is 0 Å². The highest BCUT2D eigenvalue weighted by atomic mass is 19.1. The van der Waals surface area contributed by atoms with Crippen LogP contribution in [0.25, 0.3) is 0 Å². The van der Waals surface area contributed by atoms with Crippen molar-refractivity contribution in [3.8, 4) is 0 Å². The topological polar surface area (TPSA) is 53.5 Å². The highest BCUT2D eigenvalue weighted by Crippen LogP contribution is 2.07. The molecule has 0 atom stereocenters. The molecule has 2 amide bonds. The number of pyridine rings is 1. The van der Waals surface area contributed by atoms with Gasteiger partial charge in [0.25, 0.3) is 5.91 Å². The Labute approximate surface area is 112 Å². The summed E-state index contributed by atoms with van der Waals surface area (Å²) < 4.78 is 13.4. The summed E-state index contributed by atoms with van der Waals surface area (Å²) in [5.74, 6) is -1.37. The molecular weight excluding hydrogens is 249 g/mol. The summed E-state index contributed by atoms with van der Waals surface area (Å²) in [6, 6.07) is 1.30. The second-order valence-corrected chi connectivity index (χ2v) is 4.08. The van der Waals surface area contributed by atoms with Crippen molar-refractivity contribution in [1.82, 2.24) is 14.8 Å². The fourth-order valence-electron chi connectivity index (χ4n) is 1.71. The predicted molar refractivity (Wildman–Crippen MR) is 69.1 cm³/mol. The minimum Gasteiger partial charge on any atom is -0.342 e. The zero-order valence-corrected chi connectivity index (χ0v) is 11.4. The molecule has 1 heterocycles. The number of nitrogens with zero attached hydrogens (tertiary/aromatic N) is 3. The van der Waals surface area contributed by atoms with E-state index in [9.17, 15) is 14.0 Å². The van der Waals surface area contributed by atoms with Crippen molar-refractivity contribution in [3.63, 3.8) is 0 Å². The van der Waals surface area contributed by atoms with Gasteiger partial charge in [0.1, 0.15) is 0 Å². The lowest BCUT2D eigenvalue weighted by atomic mass is 10.2. The maximum absolute atomic E-state index is 13.4. The molecule has 104 valence electrons. The second-order valence-electron chi connectivity index (χ2n) is 4.08. The molecule has 1 aromatic rings. The molecule has 5 nitrogen and oxygen atoms in total. The fourth-order valence-corrected chi connectivity index (χ4v) is 1.71. The van der Waals surface area contributed by atoms with Crippen LogP contribution in [0.1, 0.15) is 24.2 Å². The van der Waals surface area contributed by atoms with Gasteiger partial charge >= 0.3 is 0 Å². The lowest BCUT2D eigenvalue weighted by Crippen LogP contribution is -2.41. The monoisotopic (exact) mass is 267 g/mol. The molecule has 0 aliphatic heterocycles. The average Bonchev–Trinajstić information content (AvgIpc) is 2.39. The van der Waals surface area contributed by atoms with Crippen LogP contribution < -0.4 is 0 Å². The van der Waals surface area contributed by atoms with E-state index in [4.69, 9.17) is 0 Å². The highest BCUT2D eigenvalue weighted by Gasteiger charge is 2.20. The van der Waals surface area contributed by atoms with Crippen molar-refractivity contribution < 1.29 is 14.0 Å². The summed E-state index contributed by atoms with van der Waals surface area (Å²) >= 11 is 0. The van der Waals surface area contributed by atoms with Crippen LogP contribution in [0.4, 0.5) is 4.39 Å². The summed E-state index contributed by atoms with van der Waals surface area (Å²) in [5.41, 5.74) is -0.0788. The molecule has 0 spiro atoms. The minimum absolute atomic E-state index is 0.0672. The summed E-state index contributed by atoms with van der Waals surface area (Å²) in [5, 5.41) is 0. The van der Waals surface area contributed by atoms with E-state index in [0.717, 1.165) is 6.20 Å². The van der Waals surface area contributed by atoms with E-state index in [1.165, 1.54) is 24.2 Å². The van der Waals surface area contributed by atoms with Crippen LogP contribution >= 0.6 is 0 Å². The van der Waals surface area contributed by atoms with Gasteiger partial charge in [0.2, 0.25) is 5.91 Å².